The van der Waals surface area contributed by atoms with Gasteiger partial charge >= 0.3 is 0 Å². The maximum Gasteiger partial charge on any atom is 0.177 e. The first-order valence-corrected chi connectivity index (χ1v) is 5.30. The minimum absolute atomic E-state index is 0.187. The average molecular weight is 197 g/mol. The molecule has 3 heteroatoms. The molecular weight excluding hydrogens is 182 g/mol. The van der Waals surface area contributed by atoms with Crippen LogP contribution in [-0.4, -0.2) is 18.4 Å². The van der Waals surface area contributed by atoms with E-state index >= 15 is 0 Å². The van der Waals surface area contributed by atoms with Crippen molar-refractivity contribution in [2.24, 2.45) is 0 Å². The van der Waals surface area contributed by atoms with Crippen LogP contribution in [0.15, 0.2) is 11.4 Å². The maximum absolute atomic E-state index is 11.6. The number of carbonyl (C=O) groups is 1. The molecule has 0 aliphatic carbocycles. The zero-order valence-electron chi connectivity index (χ0n) is 8.26. The van der Waals surface area contributed by atoms with E-state index in [2.05, 4.69) is 5.32 Å². The van der Waals surface area contributed by atoms with Gasteiger partial charge in [0.25, 0.3) is 0 Å². The summed E-state index contributed by atoms with van der Waals surface area (Å²) in [6.07, 6.45) is 0. The van der Waals surface area contributed by atoms with Gasteiger partial charge < -0.3 is 5.32 Å². The van der Waals surface area contributed by atoms with Crippen molar-refractivity contribution in [3.05, 3.63) is 21.9 Å². The fourth-order valence-corrected chi connectivity index (χ4v) is 1.78. The van der Waals surface area contributed by atoms with Gasteiger partial charge in [-0.1, -0.05) is 13.8 Å². The lowest BCUT2D eigenvalue weighted by molar-refractivity contribution is 0.0988. The highest BCUT2D eigenvalue weighted by Gasteiger charge is 2.09. The summed E-state index contributed by atoms with van der Waals surface area (Å²) in [5.74, 6) is 0.187. The third-order valence-electron chi connectivity index (χ3n) is 1.83. The van der Waals surface area contributed by atoms with E-state index < -0.39 is 0 Å². The van der Waals surface area contributed by atoms with Gasteiger partial charge in [-0.15, -0.1) is 11.3 Å². The molecule has 0 aromatic carbocycles. The Hall–Kier alpha value is -0.670. The van der Waals surface area contributed by atoms with Crippen LogP contribution in [0, 0.1) is 6.92 Å². The van der Waals surface area contributed by atoms with E-state index in [9.17, 15) is 4.79 Å². The number of hydrogen-bond acceptors (Lipinski definition) is 3. The number of Topliss-reactive ketones (excluding diaryl/α,β-unsaturated/α-hetero) is 1. The first-order valence-electron chi connectivity index (χ1n) is 4.42. The molecule has 0 radical (unpaired) electrons. The van der Waals surface area contributed by atoms with Crippen molar-refractivity contribution in [3.63, 3.8) is 0 Å². The van der Waals surface area contributed by atoms with Gasteiger partial charge in [0, 0.05) is 16.5 Å². The van der Waals surface area contributed by atoms with Crippen molar-refractivity contribution in [2.45, 2.75) is 26.8 Å². The average Bonchev–Trinajstić information content (AvgIpc) is 2.47. The molecule has 0 bridgehead atoms. The second-order valence-corrected chi connectivity index (χ2v) is 4.47. The Morgan fingerprint density at radius 3 is 2.77 bits per heavy atom. The molecule has 0 fully saturated rings. The summed E-state index contributed by atoms with van der Waals surface area (Å²) in [5, 5.41) is 5.07. The molecule has 13 heavy (non-hydrogen) atoms. The molecule has 0 aliphatic rings. The molecule has 1 aromatic heterocycles. The number of aryl methyl sites for hydroxylation is 1. The molecule has 1 N–H and O–H groups in total. The van der Waals surface area contributed by atoms with Crippen LogP contribution < -0.4 is 5.32 Å². The van der Waals surface area contributed by atoms with Crippen LogP contribution in [-0.2, 0) is 0 Å². The lowest BCUT2D eigenvalue weighted by Gasteiger charge is -2.06. The molecule has 0 spiro atoms. The Balaban J connectivity index is 2.54. The molecule has 72 valence electrons. The van der Waals surface area contributed by atoms with E-state index in [0.717, 1.165) is 10.4 Å². The Labute approximate surface area is 83.0 Å². The van der Waals surface area contributed by atoms with E-state index in [1.807, 2.05) is 32.2 Å². The van der Waals surface area contributed by atoms with Crippen molar-refractivity contribution < 1.29 is 4.79 Å². The molecule has 0 unspecified atom stereocenters. The van der Waals surface area contributed by atoms with Gasteiger partial charge in [0.15, 0.2) is 5.78 Å². The maximum atomic E-state index is 11.6. The summed E-state index contributed by atoms with van der Waals surface area (Å²) in [7, 11) is 0. The molecule has 0 saturated carbocycles. The Bertz CT molecular complexity index is 291. The molecule has 0 atom stereocenters. The predicted octanol–water partition coefficient (Wildman–Crippen LogP) is 2.24. The van der Waals surface area contributed by atoms with Crippen molar-refractivity contribution in [1.29, 1.82) is 0 Å². The van der Waals surface area contributed by atoms with E-state index in [4.69, 9.17) is 0 Å². The fourth-order valence-electron chi connectivity index (χ4n) is 1.07. The number of rotatable bonds is 4. The monoisotopic (exact) mass is 197 g/mol. The van der Waals surface area contributed by atoms with Crippen LogP contribution in [0.4, 0.5) is 0 Å². The Morgan fingerprint density at radius 1 is 1.62 bits per heavy atom. The smallest absolute Gasteiger partial charge is 0.177 e. The largest absolute Gasteiger partial charge is 0.307 e. The van der Waals surface area contributed by atoms with Crippen LogP contribution in [0.25, 0.3) is 0 Å². The number of thiophene rings is 1. The number of carbonyl (C=O) groups excluding carboxylic acids is 1. The first-order chi connectivity index (χ1) is 6.11. The molecule has 2 nitrogen and oxygen atoms in total. The Kier molecular flexibility index (Phi) is 3.63. The van der Waals surface area contributed by atoms with Crippen LogP contribution in [0.1, 0.15) is 29.1 Å². The summed E-state index contributed by atoms with van der Waals surface area (Å²) < 4.78 is 0. The fraction of sp³-hybridized carbons (Fsp3) is 0.500. The first kappa shape index (κ1) is 10.4. The normalized spacial score (nSPS) is 10.8. The Morgan fingerprint density at radius 2 is 2.31 bits per heavy atom. The minimum atomic E-state index is 0.187. The summed E-state index contributed by atoms with van der Waals surface area (Å²) in [6, 6.07) is 2.26. The third-order valence-corrected chi connectivity index (χ3v) is 2.68. The van der Waals surface area contributed by atoms with Crippen molar-refractivity contribution in [3.8, 4) is 0 Å². The lowest BCUT2D eigenvalue weighted by Crippen LogP contribution is -2.29. The number of ketones is 1. The molecule has 1 heterocycles. The van der Waals surface area contributed by atoms with E-state index in [-0.39, 0.29) is 5.78 Å². The minimum Gasteiger partial charge on any atom is -0.307 e. The second kappa shape index (κ2) is 4.53. The van der Waals surface area contributed by atoms with Gasteiger partial charge in [0.1, 0.15) is 0 Å². The summed E-state index contributed by atoms with van der Waals surface area (Å²) >= 11 is 1.62. The zero-order chi connectivity index (χ0) is 9.84. The van der Waals surface area contributed by atoms with Gasteiger partial charge in [-0.2, -0.15) is 0 Å². The second-order valence-electron chi connectivity index (χ2n) is 3.35. The topological polar surface area (TPSA) is 29.1 Å². The van der Waals surface area contributed by atoms with E-state index in [1.165, 1.54) is 0 Å². The third kappa shape index (κ3) is 2.94. The van der Waals surface area contributed by atoms with Crippen molar-refractivity contribution >= 4 is 17.1 Å². The highest BCUT2D eigenvalue weighted by Crippen LogP contribution is 2.15. The summed E-state index contributed by atoms with van der Waals surface area (Å²) in [6.45, 7) is 6.49. The van der Waals surface area contributed by atoms with Gasteiger partial charge in [0.2, 0.25) is 0 Å². The van der Waals surface area contributed by atoms with Gasteiger partial charge in [-0.3, -0.25) is 4.79 Å². The van der Waals surface area contributed by atoms with E-state index in [0.29, 0.717) is 12.6 Å². The molecule has 0 aliphatic heterocycles. The van der Waals surface area contributed by atoms with Crippen LogP contribution in [0.5, 0.6) is 0 Å². The molecule has 1 aromatic rings. The number of nitrogens with one attached hydrogen (secondary N) is 1. The van der Waals surface area contributed by atoms with E-state index in [1.54, 1.807) is 11.3 Å². The van der Waals surface area contributed by atoms with Gasteiger partial charge in [0.05, 0.1) is 6.54 Å². The quantitative estimate of drug-likeness (QED) is 0.750. The SMILES string of the molecule is Cc1sccc1C(=O)CNC(C)C. The molecule has 0 amide bonds. The van der Waals surface area contributed by atoms with Crippen molar-refractivity contribution in [1.82, 2.24) is 5.32 Å². The van der Waals surface area contributed by atoms with Crippen LogP contribution in [0.2, 0.25) is 0 Å². The number of hydrogen-bond donors (Lipinski definition) is 1. The summed E-state index contributed by atoms with van der Waals surface area (Å²) in [5.41, 5.74) is 0.859. The standard InChI is InChI=1S/C10H15NOS/c1-7(2)11-6-10(12)9-4-5-13-8(9)3/h4-5,7,11H,6H2,1-3H3. The zero-order valence-corrected chi connectivity index (χ0v) is 9.07. The highest BCUT2D eigenvalue weighted by molar-refractivity contribution is 7.10. The summed E-state index contributed by atoms with van der Waals surface area (Å²) in [4.78, 5) is 12.7. The molecule has 1 rings (SSSR count). The van der Waals surface area contributed by atoms with Crippen LogP contribution in [0.3, 0.4) is 0 Å². The lowest BCUT2D eigenvalue weighted by atomic mass is 10.2. The molecule has 0 saturated heterocycles. The highest BCUT2D eigenvalue weighted by atomic mass is 32.1. The predicted molar refractivity (Wildman–Crippen MR) is 56.5 cm³/mol. The van der Waals surface area contributed by atoms with Crippen molar-refractivity contribution in [2.75, 3.05) is 6.54 Å². The van der Waals surface area contributed by atoms with Gasteiger partial charge in [-0.05, 0) is 18.4 Å². The molecular formula is C10H15NOS. The van der Waals surface area contributed by atoms with Crippen LogP contribution >= 0.6 is 11.3 Å². The van der Waals surface area contributed by atoms with Gasteiger partial charge in [-0.25, -0.2) is 0 Å².